The van der Waals surface area contributed by atoms with Crippen LogP contribution in [-0.4, -0.2) is 0 Å². The maximum atomic E-state index is 4.36. The molecule has 0 heteroatoms. The van der Waals surface area contributed by atoms with Crippen LogP contribution < -0.4 is 0 Å². The van der Waals surface area contributed by atoms with Gasteiger partial charge in [-0.1, -0.05) is 150 Å². The van der Waals surface area contributed by atoms with E-state index in [0.29, 0.717) is 0 Å². The monoisotopic (exact) mass is 614 g/mol. The van der Waals surface area contributed by atoms with Gasteiger partial charge in [-0.15, -0.1) is 0 Å². The lowest BCUT2D eigenvalue weighted by Crippen LogP contribution is -2.15. The highest BCUT2D eigenvalue weighted by atomic mass is 14.4. The Balaban J connectivity index is 1.28. The first-order valence-corrected chi connectivity index (χ1v) is 17.0. The maximum Gasteiger partial charge on any atom is 0.0159 e. The molecule has 0 amide bonds. The highest BCUT2D eigenvalue weighted by molar-refractivity contribution is 6.17. The number of rotatable bonds is 4. The van der Waals surface area contributed by atoms with E-state index in [2.05, 4.69) is 162 Å². The molecule has 0 nitrogen and oxygen atoms in total. The van der Waals surface area contributed by atoms with E-state index >= 15 is 0 Å². The molecular weight excluding hydrogens is 577 g/mol. The fourth-order valence-corrected chi connectivity index (χ4v) is 8.95. The van der Waals surface area contributed by atoms with Crippen molar-refractivity contribution in [2.45, 2.75) is 38.5 Å². The summed E-state index contributed by atoms with van der Waals surface area (Å²) in [5.41, 5.74) is 17.9. The van der Waals surface area contributed by atoms with Crippen LogP contribution in [0.5, 0.6) is 0 Å². The Morgan fingerprint density at radius 3 is 1.40 bits per heavy atom. The minimum Gasteiger partial charge on any atom is -0.0984 e. The molecule has 48 heavy (non-hydrogen) atoms. The van der Waals surface area contributed by atoms with Crippen LogP contribution in [0.15, 0.2) is 134 Å². The average molecular weight is 615 g/mol. The van der Waals surface area contributed by atoms with E-state index in [1.165, 1.54) is 88.3 Å². The van der Waals surface area contributed by atoms with Crippen LogP contribution in [0, 0.1) is 0 Å². The molecule has 230 valence electrons. The van der Waals surface area contributed by atoms with E-state index in [9.17, 15) is 0 Å². The zero-order valence-corrected chi connectivity index (χ0v) is 28.1. The second-order valence-corrected chi connectivity index (χ2v) is 14.6. The number of benzene rings is 7. The van der Waals surface area contributed by atoms with E-state index in [4.69, 9.17) is 0 Å². The molecular formula is C48H38. The molecule has 2 aliphatic carbocycles. The molecule has 0 fully saturated rings. The molecule has 0 saturated carbocycles. The van der Waals surface area contributed by atoms with Crippen molar-refractivity contribution >= 4 is 33.7 Å². The summed E-state index contributed by atoms with van der Waals surface area (Å²) in [5.74, 6) is 0. The minimum absolute atomic E-state index is 0.0580. The summed E-state index contributed by atoms with van der Waals surface area (Å²) >= 11 is 0. The van der Waals surface area contributed by atoms with Crippen LogP contribution >= 0.6 is 0 Å². The van der Waals surface area contributed by atoms with E-state index in [-0.39, 0.29) is 10.8 Å². The van der Waals surface area contributed by atoms with Gasteiger partial charge in [-0.2, -0.15) is 0 Å². The van der Waals surface area contributed by atoms with Crippen molar-refractivity contribution in [3.63, 3.8) is 0 Å². The third kappa shape index (κ3) is 3.78. The second-order valence-electron chi connectivity index (χ2n) is 14.6. The van der Waals surface area contributed by atoms with Gasteiger partial charge in [0.2, 0.25) is 0 Å². The van der Waals surface area contributed by atoms with Crippen LogP contribution in [0.1, 0.15) is 61.1 Å². The van der Waals surface area contributed by atoms with Gasteiger partial charge in [0.1, 0.15) is 0 Å². The molecule has 0 aromatic heterocycles. The normalized spacial score (nSPS) is 14.8. The quantitative estimate of drug-likeness (QED) is 0.173. The van der Waals surface area contributed by atoms with Gasteiger partial charge in [-0.25, -0.2) is 0 Å². The van der Waals surface area contributed by atoms with Crippen LogP contribution in [0.25, 0.3) is 78.2 Å². The summed E-state index contributed by atoms with van der Waals surface area (Å²) in [6.45, 7) is 18.1. The number of hydrogen-bond donors (Lipinski definition) is 0. The van der Waals surface area contributed by atoms with Crippen LogP contribution in [-0.2, 0) is 10.8 Å². The Labute approximate surface area is 283 Å². The van der Waals surface area contributed by atoms with Crippen molar-refractivity contribution in [1.82, 2.24) is 0 Å². The first-order chi connectivity index (χ1) is 23.2. The van der Waals surface area contributed by atoms with Crippen molar-refractivity contribution < 1.29 is 0 Å². The third-order valence-corrected chi connectivity index (χ3v) is 11.4. The molecule has 0 aliphatic heterocycles. The largest absolute Gasteiger partial charge is 0.0984 e. The molecule has 9 rings (SSSR count). The van der Waals surface area contributed by atoms with Crippen molar-refractivity contribution in [2.24, 2.45) is 0 Å². The third-order valence-electron chi connectivity index (χ3n) is 11.4. The predicted molar refractivity (Wildman–Crippen MR) is 208 cm³/mol. The summed E-state index contributed by atoms with van der Waals surface area (Å²) in [7, 11) is 0. The standard InChI is InChI=1S/C48H38/c1-7-31-32(8-2)41-28-40(30-22-24-38-36-18-12-14-20-44(36)48(5,6)46(38)26-30)33-15-9-10-16-34(33)42(41)27-39(31)29-21-23-37-35-17-11-13-19-43(35)47(3,4)45(37)25-29/h7-28H,1-2H2,3-6H3. The molecule has 0 N–H and O–H groups in total. The molecule has 0 heterocycles. The molecule has 7 aromatic rings. The first kappa shape index (κ1) is 28.7. The van der Waals surface area contributed by atoms with Gasteiger partial charge in [0.25, 0.3) is 0 Å². The topological polar surface area (TPSA) is 0 Å². The number of hydrogen-bond acceptors (Lipinski definition) is 0. The van der Waals surface area contributed by atoms with E-state index in [1.54, 1.807) is 0 Å². The summed E-state index contributed by atoms with van der Waals surface area (Å²) in [6.07, 6.45) is 4.04. The SMILES string of the molecule is C=Cc1c(-c2ccc3c(c2)C(C)(C)c2ccccc2-3)cc2c(cc(-c3ccc4c(c3)C(C)(C)c3ccccc3-4)c3ccccc32)c1C=C. The van der Waals surface area contributed by atoms with E-state index < -0.39 is 0 Å². The summed E-state index contributed by atoms with van der Waals surface area (Å²) in [4.78, 5) is 0. The van der Waals surface area contributed by atoms with Crippen molar-refractivity contribution in [3.05, 3.63) is 168 Å². The van der Waals surface area contributed by atoms with Gasteiger partial charge in [-0.3, -0.25) is 0 Å². The second kappa shape index (κ2) is 10.0. The summed E-state index contributed by atoms with van der Waals surface area (Å²) in [5, 5.41) is 4.95. The predicted octanol–water partition coefficient (Wildman–Crippen LogP) is 13.2. The van der Waals surface area contributed by atoms with E-state index in [1.807, 2.05) is 12.2 Å². The highest BCUT2D eigenvalue weighted by Crippen LogP contribution is 2.52. The lowest BCUT2D eigenvalue weighted by Gasteiger charge is -2.23. The molecule has 2 aliphatic rings. The van der Waals surface area contributed by atoms with Gasteiger partial charge in [0.05, 0.1) is 0 Å². The zero-order valence-electron chi connectivity index (χ0n) is 28.1. The van der Waals surface area contributed by atoms with Crippen LogP contribution in [0.2, 0.25) is 0 Å². The summed E-state index contributed by atoms with van der Waals surface area (Å²) in [6, 6.07) is 45.5. The molecule has 0 radical (unpaired) electrons. The van der Waals surface area contributed by atoms with Gasteiger partial charge in [-0.05, 0) is 124 Å². The molecule has 0 bridgehead atoms. The Bertz CT molecular complexity index is 2530. The van der Waals surface area contributed by atoms with Gasteiger partial charge >= 0.3 is 0 Å². The molecule has 0 spiro atoms. The van der Waals surface area contributed by atoms with Crippen molar-refractivity contribution in [2.75, 3.05) is 0 Å². The average Bonchev–Trinajstić information content (AvgIpc) is 3.49. The Hall–Kier alpha value is -5.46. The molecule has 0 unspecified atom stereocenters. The fourth-order valence-electron chi connectivity index (χ4n) is 8.95. The van der Waals surface area contributed by atoms with Crippen molar-refractivity contribution in [1.29, 1.82) is 0 Å². The minimum atomic E-state index is -0.0677. The molecule has 0 atom stereocenters. The Kier molecular flexibility index (Phi) is 6.00. The lowest BCUT2D eigenvalue weighted by molar-refractivity contribution is 0.660. The first-order valence-electron chi connectivity index (χ1n) is 17.0. The highest BCUT2D eigenvalue weighted by Gasteiger charge is 2.36. The molecule has 0 saturated heterocycles. The smallest absolute Gasteiger partial charge is 0.0159 e. The van der Waals surface area contributed by atoms with Crippen LogP contribution in [0.4, 0.5) is 0 Å². The van der Waals surface area contributed by atoms with Gasteiger partial charge < -0.3 is 0 Å². The maximum absolute atomic E-state index is 4.36. The van der Waals surface area contributed by atoms with E-state index in [0.717, 1.165) is 11.1 Å². The number of fused-ring (bicyclic) bond motifs is 9. The van der Waals surface area contributed by atoms with Gasteiger partial charge in [0, 0.05) is 10.8 Å². The van der Waals surface area contributed by atoms with Crippen molar-refractivity contribution in [3.8, 4) is 44.5 Å². The zero-order chi connectivity index (χ0) is 32.9. The molecule has 7 aromatic carbocycles. The summed E-state index contributed by atoms with van der Waals surface area (Å²) < 4.78 is 0. The fraction of sp³-hybridized carbons (Fsp3) is 0.125. The Morgan fingerprint density at radius 1 is 0.375 bits per heavy atom. The van der Waals surface area contributed by atoms with Gasteiger partial charge in [0.15, 0.2) is 0 Å². The Morgan fingerprint density at radius 2 is 0.833 bits per heavy atom. The lowest BCUT2D eigenvalue weighted by atomic mass is 9.80. The van der Waals surface area contributed by atoms with Crippen LogP contribution in [0.3, 0.4) is 0 Å².